The quantitative estimate of drug-likeness (QED) is 0.193. The Hall–Kier alpha value is -2.32. The Bertz CT molecular complexity index is 940. The van der Waals surface area contributed by atoms with E-state index in [1.165, 1.54) is 13.0 Å². The minimum Gasteiger partial charge on any atom is -1.00 e. The summed E-state index contributed by atoms with van der Waals surface area (Å²) in [4.78, 5) is 13.4. The number of hydrogen-bond donors (Lipinski definition) is 3. The number of carbonyl (C=O) groups is 1. The number of methoxy groups -OCH3 is 2. The van der Waals surface area contributed by atoms with Gasteiger partial charge in [0.2, 0.25) is 0 Å². The SMILES string of the molecule is COc1ccc(C/C(=N\[NH2+]C2CCC[NH+](C)CC2)c2ccccc2C(=O)O)cc1OC.[Cl-].[Cl-]. The van der Waals surface area contributed by atoms with Crippen molar-refractivity contribution < 1.29 is 54.5 Å². The van der Waals surface area contributed by atoms with Crippen molar-refractivity contribution in [2.75, 3.05) is 34.4 Å². The molecule has 0 amide bonds. The predicted molar refractivity (Wildman–Crippen MR) is 119 cm³/mol. The predicted octanol–water partition coefficient (Wildman–Crippen LogP) is -5.01. The molecule has 2 unspecified atom stereocenters. The number of quaternary nitrogens is 2. The normalized spacial score (nSPS) is 18.3. The van der Waals surface area contributed by atoms with E-state index in [0.29, 0.717) is 29.5 Å². The van der Waals surface area contributed by atoms with Gasteiger partial charge in [0.25, 0.3) is 0 Å². The maximum atomic E-state index is 11.8. The van der Waals surface area contributed by atoms with Crippen molar-refractivity contribution in [1.82, 2.24) is 0 Å². The Morgan fingerprint density at radius 1 is 1.06 bits per heavy atom. The van der Waals surface area contributed by atoms with Crippen molar-refractivity contribution in [3.05, 3.63) is 59.2 Å². The third-order valence-electron chi connectivity index (χ3n) is 5.85. The van der Waals surface area contributed by atoms with Crippen LogP contribution in [0.5, 0.6) is 11.5 Å². The number of benzene rings is 2. The van der Waals surface area contributed by atoms with Crippen LogP contribution < -0.4 is 44.6 Å². The average Bonchev–Trinajstić information content (AvgIpc) is 3.00. The zero-order valence-corrected chi connectivity index (χ0v) is 20.8. The molecule has 1 aliphatic heterocycles. The van der Waals surface area contributed by atoms with Gasteiger partial charge in [-0.25, -0.2) is 10.2 Å². The first-order valence-electron chi connectivity index (χ1n) is 10.8. The second-order valence-corrected chi connectivity index (χ2v) is 8.09. The number of nitrogens with two attached hydrogens (primary N) is 1. The number of aromatic carboxylic acids is 1. The van der Waals surface area contributed by atoms with E-state index in [2.05, 4.69) is 7.05 Å². The average molecular weight is 498 g/mol. The summed E-state index contributed by atoms with van der Waals surface area (Å²) < 4.78 is 10.8. The number of halogens is 2. The van der Waals surface area contributed by atoms with Gasteiger partial charge < -0.3 is 44.3 Å². The van der Waals surface area contributed by atoms with Crippen LogP contribution in [0.25, 0.3) is 0 Å². The van der Waals surface area contributed by atoms with Crippen LogP contribution in [0.1, 0.15) is 40.7 Å². The Balaban J connectivity index is 0.00000272. The zero-order chi connectivity index (χ0) is 22.2. The number of ether oxygens (including phenoxy) is 2. The highest BCUT2D eigenvalue weighted by molar-refractivity contribution is 6.09. The third kappa shape index (κ3) is 7.89. The highest BCUT2D eigenvalue weighted by Gasteiger charge is 2.21. The van der Waals surface area contributed by atoms with Gasteiger partial charge in [0.05, 0.1) is 46.3 Å². The summed E-state index contributed by atoms with van der Waals surface area (Å²) in [7, 11) is 5.45. The van der Waals surface area contributed by atoms with E-state index in [1.54, 1.807) is 31.3 Å². The number of nitrogens with one attached hydrogen (secondary N) is 1. The highest BCUT2D eigenvalue weighted by atomic mass is 35.5. The highest BCUT2D eigenvalue weighted by Crippen LogP contribution is 2.28. The van der Waals surface area contributed by atoms with E-state index >= 15 is 0 Å². The van der Waals surface area contributed by atoms with Crippen molar-refractivity contribution >= 4 is 11.7 Å². The molecule has 0 bridgehead atoms. The smallest absolute Gasteiger partial charge is 0.336 e. The van der Waals surface area contributed by atoms with E-state index < -0.39 is 5.97 Å². The molecule has 0 aromatic heterocycles. The summed E-state index contributed by atoms with van der Waals surface area (Å²) in [5.41, 5.74) is 4.68. The molecule has 7 nitrogen and oxygen atoms in total. The van der Waals surface area contributed by atoms with Crippen LogP contribution in [0.2, 0.25) is 0 Å². The molecule has 0 aliphatic carbocycles. The van der Waals surface area contributed by atoms with Gasteiger partial charge in [0, 0.05) is 24.8 Å². The number of carboxylic acid groups (broad SMARTS) is 1. The summed E-state index contributed by atoms with van der Waals surface area (Å²) in [5.74, 6) is 0.354. The van der Waals surface area contributed by atoms with E-state index in [1.807, 2.05) is 35.8 Å². The summed E-state index contributed by atoms with van der Waals surface area (Å²) in [5, 5.41) is 14.6. The zero-order valence-electron chi connectivity index (χ0n) is 19.3. The minimum atomic E-state index is -0.949. The molecular weight excluding hydrogens is 465 g/mol. The number of carboxylic acids is 1. The maximum absolute atomic E-state index is 11.8. The lowest BCUT2D eigenvalue weighted by molar-refractivity contribution is -0.879. The largest absolute Gasteiger partial charge is 1.00 e. The Kier molecular flexibility index (Phi) is 12.2. The van der Waals surface area contributed by atoms with Crippen LogP contribution >= 0.6 is 0 Å². The molecule has 0 saturated carbocycles. The molecule has 3 rings (SSSR count). The van der Waals surface area contributed by atoms with Gasteiger partial charge in [0.1, 0.15) is 11.8 Å². The van der Waals surface area contributed by atoms with E-state index in [4.69, 9.17) is 14.6 Å². The van der Waals surface area contributed by atoms with Crippen molar-refractivity contribution in [3.8, 4) is 11.5 Å². The molecule has 2 aromatic carbocycles. The van der Waals surface area contributed by atoms with Gasteiger partial charge in [-0.3, -0.25) is 0 Å². The molecule has 0 radical (unpaired) electrons. The molecule has 182 valence electrons. The van der Waals surface area contributed by atoms with Crippen LogP contribution in [0.4, 0.5) is 0 Å². The number of likely N-dealkylation sites (tertiary alicyclic amines) is 1. The van der Waals surface area contributed by atoms with E-state index in [9.17, 15) is 9.90 Å². The molecule has 33 heavy (non-hydrogen) atoms. The second-order valence-electron chi connectivity index (χ2n) is 8.09. The first-order valence-corrected chi connectivity index (χ1v) is 10.8. The first-order chi connectivity index (χ1) is 15.0. The molecule has 1 aliphatic rings. The molecule has 4 N–H and O–H groups in total. The fourth-order valence-electron chi connectivity index (χ4n) is 4.03. The lowest BCUT2D eigenvalue weighted by Gasteiger charge is -2.13. The summed E-state index contributed by atoms with van der Waals surface area (Å²) in [6.45, 7) is 2.32. The molecule has 1 saturated heterocycles. The fraction of sp³-hybridized carbons (Fsp3) is 0.417. The molecule has 1 heterocycles. The third-order valence-corrected chi connectivity index (χ3v) is 5.85. The molecule has 9 heteroatoms. The van der Waals surface area contributed by atoms with E-state index in [-0.39, 0.29) is 30.4 Å². The van der Waals surface area contributed by atoms with Gasteiger partial charge in [-0.2, -0.15) is 0 Å². The summed E-state index contributed by atoms with van der Waals surface area (Å²) in [6, 6.07) is 13.2. The lowest BCUT2D eigenvalue weighted by Crippen LogP contribution is -3.09. The Morgan fingerprint density at radius 3 is 2.42 bits per heavy atom. The van der Waals surface area contributed by atoms with Gasteiger partial charge >= 0.3 is 5.97 Å². The van der Waals surface area contributed by atoms with Crippen molar-refractivity contribution in [2.24, 2.45) is 5.10 Å². The van der Waals surface area contributed by atoms with Crippen molar-refractivity contribution in [1.29, 1.82) is 0 Å². The number of rotatable bonds is 8. The molecule has 2 atom stereocenters. The van der Waals surface area contributed by atoms with Crippen LogP contribution in [0, 0.1) is 0 Å². The number of hydrogen-bond acceptors (Lipinski definition) is 4. The topological polar surface area (TPSA) is 89.2 Å². The second kappa shape index (κ2) is 14.1. The molecule has 1 fully saturated rings. The molecule has 2 aromatic rings. The first kappa shape index (κ1) is 28.7. The van der Waals surface area contributed by atoms with Gasteiger partial charge in [0.15, 0.2) is 11.5 Å². The number of nitrogens with zero attached hydrogens (tertiary/aromatic N) is 1. The monoisotopic (exact) mass is 497 g/mol. The molecule has 0 spiro atoms. The molecular formula is C24H33Cl2N3O4. The van der Waals surface area contributed by atoms with Crippen LogP contribution in [-0.2, 0) is 6.42 Å². The maximum Gasteiger partial charge on any atom is 0.336 e. The minimum absolute atomic E-state index is 0. The van der Waals surface area contributed by atoms with Crippen molar-refractivity contribution in [3.63, 3.8) is 0 Å². The lowest BCUT2D eigenvalue weighted by atomic mass is 9.97. The van der Waals surface area contributed by atoms with Gasteiger partial charge in [-0.1, -0.05) is 29.4 Å². The van der Waals surface area contributed by atoms with Crippen molar-refractivity contribution in [2.45, 2.75) is 31.7 Å². The van der Waals surface area contributed by atoms with Crippen LogP contribution in [0.15, 0.2) is 47.6 Å². The van der Waals surface area contributed by atoms with Gasteiger partial charge in [-0.05, 0) is 23.8 Å². The summed E-state index contributed by atoms with van der Waals surface area (Å²) >= 11 is 0. The fourth-order valence-corrected chi connectivity index (χ4v) is 4.03. The standard InChI is InChI=1S/C24H31N3O4.2ClH/c1-27-13-6-7-18(12-14-27)25-26-21(19-8-4-5-9-20(19)24(28)29)15-17-10-11-22(30-2)23(16-17)31-3;;/h4-5,8-11,16,18,25H,6-7,12-15H2,1-3H3,(H,28,29);2*1H/b26-21+;;. The van der Waals surface area contributed by atoms with Crippen LogP contribution in [0.3, 0.4) is 0 Å². The Morgan fingerprint density at radius 2 is 1.76 bits per heavy atom. The van der Waals surface area contributed by atoms with Gasteiger partial charge in [-0.15, -0.1) is 0 Å². The summed E-state index contributed by atoms with van der Waals surface area (Å²) in [6.07, 6.45) is 3.89. The Labute approximate surface area is 208 Å². The van der Waals surface area contributed by atoms with Crippen LogP contribution in [-0.4, -0.2) is 57.2 Å². The van der Waals surface area contributed by atoms with E-state index in [0.717, 1.165) is 30.7 Å².